The number of carbonyl (C=O) groups excluding carboxylic acids is 3. The lowest BCUT2D eigenvalue weighted by Gasteiger charge is -2.34. The number of aliphatic hydroxyl groups excluding tert-OH is 1. The van der Waals surface area contributed by atoms with Gasteiger partial charge in [0.2, 0.25) is 5.91 Å². The van der Waals surface area contributed by atoms with Crippen molar-refractivity contribution in [2.24, 2.45) is 0 Å². The lowest BCUT2D eigenvalue weighted by atomic mass is 9.98. The maximum atomic E-state index is 14.3. The van der Waals surface area contributed by atoms with Gasteiger partial charge in [-0.2, -0.15) is 0 Å². The molecule has 0 aromatic heterocycles. The molecule has 0 aliphatic heterocycles. The number of nitrogens with one attached hydrogen (secondary N) is 2. The van der Waals surface area contributed by atoms with Crippen LogP contribution < -0.4 is 10.6 Å². The second-order valence-corrected chi connectivity index (χ2v) is 10.9. The zero-order chi connectivity index (χ0) is 30.9. The Kier molecular flexibility index (Phi) is 10.9. The number of rotatable bonds is 11. The van der Waals surface area contributed by atoms with Crippen molar-refractivity contribution < 1.29 is 29.3 Å². The Bertz CT molecular complexity index is 1400. The van der Waals surface area contributed by atoms with Crippen LogP contribution in [-0.4, -0.2) is 57.8 Å². The van der Waals surface area contributed by atoms with E-state index in [1.54, 1.807) is 69.3 Å². The number of alkyl carbamates (subject to hydrolysis) is 1. The summed E-state index contributed by atoms with van der Waals surface area (Å²) in [5.41, 5.74) is 2.49. The highest BCUT2D eigenvalue weighted by molar-refractivity contribution is 5.99. The summed E-state index contributed by atoms with van der Waals surface area (Å²) in [6.45, 7) is 10.2. The molecule has 4 N–H and O–H groups in total. The minimum Gasteiger partial charge on any atom is -0.508 e. The summed E-state index contributed by atoms with van der Waals surface area (Å²) in [5.74, 6) is -1.04. The summed E-state index contributed by atoms with van der Waals surface area (Å²) in [7, 11) is 0. The van der Waals surface area contributed by atoms with Gasteiger partial charge < -0.3 is 30.5 Å². The molecule has 3 aromatic rings. The third kappa shape index (κ3) is 8.94. The van der Waals surface area contributed by atoms with Crippen molar-refractivity contribution in [2.45, 2.75) is 51.8 Å². The number of hydrogen-bond acceptors (Lipinski definition) is 6. The summed E-state index contributed by atoms with van der Waals surface area (Å²) in [6, 6.07) is 18.3. The van der Waals surface area contributed by atoms with Gasteiger partial charge in [-0.25, -0.2) is 4.79 Å². The van der Waals surface area contributed by atoms with Gasteiger partial charge in [-0.05, 0) is 74.2 Å². The molecular weight excluding hydrogens is 534 g/mol. The fraction of sp³-hybridized carbons (Fsp3) is 0.303. The lowest BCUT2D eigenvalue weighted by molar-refractivity contribution is -0.141. The van der Waals surface area contributed by atoms with Gasteiger partial charge >= 0.3 is 6.09 Å². The van der Waals surface area contributed by atoms with Crippen LogP contribution in [-0.2, 0) is 20.7 Å². The van der Waals surface area contributed by atoms with Gasteiger partial charge in [-0.15, -0.1) is 0 Å². The molecule has 9 heteroatoms. The predicted molar refractivity (Wildman–Crippen MR) is 163 cm³/mol. The second kappa shape index (κ2) is 14.3. The van der Waals surface area contributed by atoms with Crippen molar-refractivity contribution in [3.8, 4) is 5.75 Å². The number of nitrogens with zero attached hydrogens (tertiary/aromatic N) is 1. The standard InChI is InChI=1S/C33H39N3O6/c1-6-23-11-9-12-25(20-23)29(30(39)34-27-13-8-7-10-22(27)2)36(18-19-37)31(40)28(35-32(41)42-33(3,4)5)21-24-14-16-26(38)17-15-24/h6-17,20,28-29,37-38H,1,18-19,21H2,2-5H3,(H,34,39)(H,35,41). The number of aryl methyl sites for hydroxylation is 1. The lowest BCUT2D eigenvalue weighted by Crippen LogP contribution is -2.53. The first-order valence-corrected chi connectivity index (χ1v) is 13.7. The minimum atomic E-state index is -1.16. The van der Waals surface area contributed by atoms with E-state index in [2.05, 4.69) is 17.2 Å². The van der Waals surface area contributed by atoms with E-state index in [-0.39, 0.29) is 18.7 Å². The number of hydrogen-bond donors (Lipinski definition) is 4. The van der Waals surface area contributed by atoms with Gasteiger partial charge in [-0.1, -0.05) is 61.2 Å². The first-order chi connectivity index (χ1) is 19.9. The van der Waals surface area contributed by atoms with Crippen LogP contribution in [0.3, 0.4) is 0 Å². The minimum absolute atomic E-state index is 0.0408. The fourth-order valence-corrected chi connectivity index (χ4v) is 4.44. The van der Waals surface area contributed by atoms with Crippen molar-refractivity contribution in [3.05, 3.63) is 102 Å². The number of phenols is 1. The van der Waals surface area contributed by atoms with E-state index in [0.29, 0.717) is 16.8 Å². The average Bonchev–Trinajstić information content (AvgIpc) is 2.93. The zero-order valence-electron chi connectivity index (χ0n) is 24.5. The number of amides is 3. The van der Waals surface area contributed by atoms with Gasteiger partial charge in [0.1, 0.15) is 23.4 Å². The molecule has 0 fully saturated rings. The monoisotopic (exact) mass is 573 g/mol. The van der Waals surface area contributed by atoms with Gasteiger partial charge in [0, 0.05) is 18.7 Å². The number of ether oxygens (including phenoxy) is 1. The molecule has 0 aliphatic rings. The highest BCUT2D eigenvalue weighted by Gasteiger charge is 2.36. The molecule has 0 aliphatic carbocycles. The summed E-state index contributed by atoms with van der Waals surface area (Å²) in [5, 5.41) is 25.4. The van der Waals surface area contributed by atoms with Gasteiger partial charge in [0.15, 0.2) is 0 Å². The van der Waals surface area contributed by atoms with E-state index in [1.165, 1.54) is 17.0 Å². The van der Waals surface area contributed by atoms with Crippen LogP contribution in [0.5, 0.6) is 5.75 Å². The molecule has 9 nitrogen and oxygen atoms in total. The van der Waals surface area contributed by atoms with Crippen LogP contribution >= 0.6 is 0 Å². The van der Waals surface area contributed by atoms with Gasteiger partial charge in [0.25, 0.3) is 5.91 Å². The van der Waals surface area contributed by atoms with Crippen molar-refractivity contribution in [1.82, 2.24) is 10.2 Å². The van der Waals surface area contributed by atoms with Crippen LogP contribution in [0.15, 0.2) is 79.4 Å². The zero-order valence-corrected chi connectivity index (χ0v) is 24.5. The summed E-state index contributed by atoms with van der Waals surface area (Å²) in [4.78, 5) is 42.4. The Hall–Kier alpha value is -4.63. The van der Waals surface area contributed by atoms with Gasteiger partial charge in [0.05, 0.1) is 6.61 Å². The molecule has 0 radical (unpaired) electrons. The van der Waals surface area contributed by atoms with E-state index >= 15 is 0 Å². The van der Waals surface area contributed by atoms with Gasteiger partial charge in [-0.3, -0.25) is 9.59 Å². The maximum absolute atomic E-state index is 14.3. The third-order valence-electron chi connectivity index (χ3n) is 6.41. The van der Waals surface area contributed by atoms with E-state index in [1.807, 2.05) is 25.1 Å². The molecular formula is C33H39N3O6. The Morgan fingerprint density at radius 3 is 2.33 bits per heavy atom. The van der Waals surface area contributed by atoms with E-state index in [4.69, 9.17) is 4.74 Å². The quantitative estimate of drug-likeness (QED) is 0.256. The third-order valence-corrected chi connectivity index (χ3v) is 6.41. The Morgan fingerprint density at radius 2 is 1.71 bits per heavy atom. The van der Waals surface area contributed by atoms with Crippen molar-refractivity contribution in [1.29, 1.82) is 0 Å². The maximum Gasteiger partial charge on any atom is 0.408 e. The van der Waals surface area contributed by atoms with Crippen molar-refractivity contribution in [2.75, 3.05) is 18.5 Å². The highest BCUT2D eigenvalue weighted by Crippen LogP contribution is 2.27. The average molecular weight is 574 g/mol. The number of aliphatic hydroxyl groups is 1. The summed E-state index contributed by atoms with van der Waals surface area (Å²) in [6.07, 6.45) is 0.868. The van der Waals surface area contributed by atoms with E-state index < -0.39 is 42.2 Å². The SMILES string of the molecule is C=Cc1cccc(C(C(=O)Nc2ccccc2C)N(CCO)C(=O)C(Cc2ccc(O)cc2)NC(=O)OC(C)(C)C)c1. The number of carbonyl (C=O) groups is 3. The molecule has 3 aromatic carbocycles. The normalized spacial score (nSPS) is 12.5. The number of para-hydroxylation sites is 1. The fourth-order valence-electron chi connectivity index (χ4n) is 4.44. The molecule has 0 heterocycles. The molecule has 0 bridgehead atoms. The topological polar surface area (TPSA) is 128 Å². The second-order valence-electron chi connectivity index (χ2n) is 10.9. The predicted octanol–water partition coefficient (Wildman–Crippen LogP) is 4.98. The van der Waals surface area contributed by atoms with Crippen LogP contribution in [0.2, 0.25) is 0 Å². The smallest absolute Gasteiger partial charge is 0.408 e. The molecule has 42 heavy (non-hydrogen) atoms. The Balaban J connectivity index is 2.07. The van der Waals surface area contributed by atoms with Crippen LogP contribution in [0, 0.1) is 6.92 Å². The van der Waals surface area contributed by atoms with Crippen molar-refractivity contribution in [3.63, 3.8) is 0 Å². The molecule has 3 amide bonds. The molecule has 3 rings (SSSR count). The molecule has 222 valence electrons. The van der Waals surface area contributed by atoms with Crippen LogP contribution in [0.1, 0.15) is 49.1 Å². The first-order valence-electron chi connectivity index (χ1n) is 13.7. The molecule has 0 saturated carbocycles. The number of aromatic hydroxyl groups is 1. The summed E-state index contributed by atoms with van der Waals surface area (Å²) < 4.78 is 5.43. The van der Waals surface area contributed by atoms with Crippen LogP contribution in [0.25, 0.3) is 6.08 Å². The number of benzene rings is 3. The van der Waals surface area contributed by atoms with E-state index in [9.17, 15) is 24.6 Å². The molecule has 0 spiro atoms. The summed E-state index contributed by atoms with van der Waals surface area (Å²) >= 11 is 0. The Morgan fingerprint density at radius 1 is 1.02 bits per heavy atom. The molecule has 2 unspecified atom stereocenters. The first kappa shape index (κ1) is 31.9. The molecule has 2 atom stereocenters. The van der Waals surface area contributed by atoms with E-state index in [0.717, 1.165) is 11.1 Å². The Labute approximate surface area is 246 Å². The van der Waals surface area contributed by atoms with Crippen molar-refractivity contribution >= 4 is 29.7 Å². The largest absolute Gasteiger partial charge is 0.508 e. The molecule has 0 saturated heterocycles. The highest BCUT2D eigenvalue weighted by atomic mass is 16.6. The number of anilines is 1. The number of phenolic OH excluding ortho intramolecular Hbond substituents is 1. The van der Waals surface area contributed by atoms with Crippen LogP contribution in [0.4, 0.5) is 10.5 Å².